The molecule has 5 heteroatoms. The summed E-state index contributed by atoms with van der Waals surface area (Å²) in [5, 5.41) is 10.8. The highest BCUT2D eigenvalue weighted by Crippen LogP contribution is 2.40. The molecule has 3 nitrogen and oxygen atoms in total. The van der Waals surface area contributed by atoms with Crippen LogP contribution in [0.5, 0.6) is 5.75 Å². The molecule has 0 spiro atoms. The van der Waals surface area contributed by atoms with Crippen LogP contribution in [0, 0.1) is 0 Å². The molecule has 0 atom stereocenters. The minimum absolute atomic E-state index is 0.100. The van der Waals surface area contributed by atoms with Crippen molar-refractivity contribution in [2.24, 2.45) is 0 Å². The van der Waals surface area contributed by atoms with Crippen molar-refractivity contribution < 1.29 is 14.3 Å². The summed E-state index contributed by atoms with van der Waals surface area (Å²) in [7, 11) is -3.34. The van der Waals surface area contributed by atoms with Crippen molar-refractivity contribution in [2.75, 3.05) is 0 Å². The van der Waals surface area contributed by atoms with Gasteiger partial charge in [-0.1, -0.05) is 54.6 Å². The number of carboxylic acid groups (broad SMARTS) is 1. The third kappa shape index (κ3) is 4.31. The number of carboxylic acids is 1. The molecule has 0 saturated heterocycles. The van der Waals surface area contributed by atoms with E-state index < -0.39 is 23.1 Å². The van der Waals surface area contributed by atoms with Gasteiger partial charge >= 0.3 is 5.97 Å². The van der Waals surface area contributed by atoms with Gasteiger partial charge in [0, 0.05) is 0 Å². The Labute approximate surface area is 150 Å². The molecular weight excluding hydrogens is 332 g/mol. The maximum Gasteiger partial charge on any atom is 0.335 e. The van der Waals surface area contributed by atoms with Gasteiger partial charge in [0.15, 0.2) is 0 Å². The van der Waals surface area contributed by atoms with Crippen LogP contribution < -0.4 is 9.61 Å². The van der Waals surface area contributed by atoms with Crippen molar-refractivity contribution in [3.63, 3.8) is 0 Å². The van der Waals surface area contributed by atoms with Gasteiger partial charge in [-0.2, -0.15) is 0 Å². The maximum atomic E-state index is 11.8. The van der Waals surface area contributed by atoms with Crippen LogP contribution in [0.25, 0.3) is 0 Å². The second-order valence-electron chi connectivity index (χ2n) is 9.47. The molecule has 1 N–H and O–H groups in total. The Balaban J connectivity index is 3.70. The molecule has 1 rings (SSSR count). The van der Waals surface area contributed by atoms with Gasteiger partial charge in [0.2, 0.25) is 8.32 Å². The Kier molecular flexibility index (Phi) is 5.83. The Hall–Kier alpha value is -1.08. The summed E-state index contributed by atoms with van der Waals surface area (Å²) >= 11 is 0. The standard InChI is InChI=1S/C19H34O3Si2/c1-18(2,3)15-14(22-24(9,10)19(4,5)6)12-11-13(17(20)21)16(15)23(7)8/h11-12,23H,1-10H3,(H,20,21). The van der Waals surface area contributed by atoms with E-state index in [1.807, 2.05) is 6.07 Å². The van der Waals surface area contributed by atoms with E-state index in [1.165, 1.54) is 0 Å². The van der Waals surface area contributed by atoms with Gasteiger partial charge in [-0.15, -0.1) is 0 Å². The number of carbonyl (C=O) groups is 1. The first-order chi connectivity index (χ1) is 10.6. The predicted octanol–water partition coefficient (Wildman–Crippen LogP) is 4.76. The molecule has 24 heavy (non-hydrogen) atoms. The molecular formula is C19H34O3Si2. The van der Waals surface area contributed by atoms with E-state index >= 15 is 0 Å². The van der Waals surface area contributed by atoms with Crippen LogP contribution in [0.15, 0.2) is 12.1 Å². The molecule has 0 amide bonds. The fraction of sp³-hybridized carbons (Fsp3) is 0.632. The normalized spacial score (nSPS) is 13.3. The summed E-state index contributed by atoms with van der Waals surface area (Å²) in [5.74, 6) is 0.0471. The van der Waals surface area contributed by atoms with Crippen LogP contribution in [0.1, 0.15) is 57.5 Å². The van der Waals surface area contributed by atoms with Gasteiger partial charge in [0.25, 0.3) is 0 Å². The van der Waals surface area contributed by atoms with Crippen molar-refractivity contribution in [3.05, 3.63) is 23.3 Å². The van der Waals surface area contributed by atoms with Gasteiger partial charge in [-0.05, 0) is 46.4 Å². The molecule has 136 valence electrons. The van der Waals surface area contributed by atoms with E-state index in [0.29, 0.717) is 5.56 Å². The number of hydrogen-bond donors (Lipinski definition) is 1. The molecule has 0 radical (unpaired) electrons. The SMILES string of the molecule is C[SiH](C)c1c(C(=O)O)ccc(O[Si](C)(C)C(C)(C)C)c1C(C)(C)C. The highest BCUT2D eigenvalue weighted by Gasteiger charge is 2.40. The molecule has 0 heterocycles. The average molecular weight is 367 g/mol. The van der Waals surface area contributed by atoms with E-state index in [1.54, 1.807) is 6.07 Å². The van der Waals surface area contributed by atoms with Crippen molar-refractivity contribution in [1.82, 2.24) is 0 Å². The fourth-order valence-electron chi connectivity index (χ4n) is 2.67. The van der Waals surface area contributed by atoms with Gasteiger partial charge in [0.05, 0.1) is 14.4 Å². The second kappa shape index (κ2) is 6.67. The molecule has 0 fully saturated rings. The number of rotatable bonds is 4. The number of hydrogen-bond acceptors (Lipinski definition) is 2. The zero-order valence-corrected chi connectivity index (χ0v) is 19.2. The molecule has 0 unspecified atom stereocenters. The lowest BCUT2D eigenvalue weighted by atomic mass is 9.85. The van der Waals surface area contributed by atoms with Crippen molar-refractivity contribution in [2.45, 2.75) is 78.2 Å². The monoisotopic (exact) mass is 366 g/mol. The third-order valence-corrected chi connectivity index (χ3v) is 11.0. The lowest BCUT2D eigenvalue weighted by molar-refractivity contribution is 0.0698. The summed E-state index contributed by atoms with van der Waals surface area (Å²) in [6.07, 6.45) is 0. The fourth-order valence-corrected chi connectivity index (χ4v) is 5.69. The zero-order chi connectivity index (χ0) is 19.1. The average Bonchev–Trinajstić information content (AvgIpc) is 2.34. The van der Waals surface area contributed by atoms with E-state index in [0.717, 1.165) is 16.5 Å². The van der Waals surface area contributed by atoms with E-state index in [9.17, 15) is 9.90 Å². The number of benzene rings is 1. The van der Waals surface area contributed by atoms with E-state index in [-0.39, 0.29) is 10.5 Å². The molecule has 0 aliphatic rings. The smallest absolute Gasteiger partial charge is 0.335 e. The summed E-state index contributed by atoms with van der Waals surface area (Å²) < 4.78 is 6.62. The van der Waals surface area contributed by atoms with Crippen molar-refractivity contribution in [3.8, 4) is 5.75 Å². The van der Waals surface area contributed by atoms with Gasteiger partial charge in [-0.3, -0.25) is 0 Å². The minimum atomic E-state index is -1.99. The first-order valence-corrected chi connectivity index (χ1v) is 14.5. The Bertz CT molecular complexity index is 621. The predicted molar refractivity (Wildman–Crippen MR) is 108 cm³/mol. The van der Waals surface area contributed by atoms with Crippen LogP contribution >= 0.6 is 0 Å². The van der Waals surface area contributed by atoms with Crippen molar-refractivity contribution >= 4 is 28.3 Å². The van der Waals surface area contributed by atoms with Crippen LogP contribution in [-0.2, 0) is 5.41 Å². The number of aromatic carboxylic acids is 1. The molecule has 0 bridgehead atoms. The van der Waals surface area contributed by atoms with Crippen LogP contribution in [0.2, 0.25) is 31.2 Å². The molecule has 0 aliphatic carbocycles. The summed E-state index contributed by atoms with van der Waals surface area (Å²) in [5.41, 5.74) is 1.38. The Morgan fingerprint density at radius 1 is 1.08 bits per heavy atom. The molecule has 1 aromatic carbocycles. The Morgan fingerprint density at radius 3 is 1.92 bits per heavy atom. The second-order valence-corrected chi connectivity index (χ2v) is 17.1. The quantitative estimate of drug-likeness (QED) is 0.781. The summed E-state index contributed by atoms with van der Waals surface area (Å²) in [6.45, 7) is 21.9. The van der Waals surface area contributed by atoms with Crippen LogP contribution in [0.3, 0.4) is 0 Å². The third-order valence-electron chi connectivity index (χ3n) is 4.94. The van der Waals surface area contributed by atoms with Crippen LogP contribution in [0.4, 0.5) is 0 Å². The van der Waals surface area contributed by atoms with E-state index in [4.69, 9.17) is 4.43 Å². The highest BCUT2D eigenvalue weighted by atomic mass is 28.4. The lowest BCUT2D eigenvalue weighted by Gasteiger charge is -2.39. The van der Waals surface area contributed by atoms with Gasteiger partial charge in [0.1, 0.15) is 5.75 Å². The van der Waals surface area contributed by atoms with Gasteiger partial charge in [-0.25, -0.2) is 4.79 Å². The zero-order valence-electron chi connectivity index (χ0n) is 17.0. The molecule has 1 aromatic rings. The van der Waals surface area contributed by atoms with E-state index in [2.05, 4.69) is 67.7 Å². The minimum Gasteiger partial charge on any atom is -0.543 e. The summed E-state index contributed by atoms with van der Waals surface area (Å²) in [6, 6.07) is 3.62. The summed E-state index contributed by atoms with van der Waals surface area (Å²) in [4.78, 5) is 11.8. The molecule has 0 aliphatic heterocycles. The first-order valence-electron chi connectivity index (χ1n) is 8.69. The highest BCUT2D eigenvalue weighted by molar-refractivity contribution is 6.75. The largest absolute Gasteiger partial charge is 0.543 e. The van der Waals surface area contributed by atoms with Crippen LogP contribution in [-0.4, -0.2) is 28.2 Å². The van der Waals surface area contributed by atoms with Gasteiger partial charge < -0.3 is 9.53 Å². The first kappa shape index (κ1) is 21.0. The lowest BCUT2D eigenvalue weighted by Crippen LogP contribution is -2.45. The van der Waals surface area contributed by atoms with Crippen molar-refractivity contribution in [1.29, 1.82) is 0 Å². The molecule has 0 saturated carbocycles. The maximum absolute atomic E-state index is 11.8. The topological polar surface area (TPSA) is 46.5 Å². The molecule has 0 aromatic heterocycles. The Morgan fingerprint density at radius 2 is 1.58 bits per heavy atom.